The average Bonchev–Trinajstić information content (AvgIpc) is 2.80. The van der Waals surface area contributed by atoms with E-state index < -0.39 is 0 Å². The molecule has 0 amide bonds. The predicted molar refractivity (Wildman–Crippen MR) is 67.8 cm³/mol. The Kier molecular flexibility index (Phi) is 3.58. The summed E-state index contributed by atoms with van der Waals surface area (Å²) >= 11 is 0. The molecule has 0 fully saturated rings. The second-order valence-corrected chi connectivity index (χ2v) is 4.32. The normalized spacial score (nSPS) is 10.3. The lowest BCUT2D eigenvalue weighted by atomic mass is 10.2. The van der Waals surface area contributed by atoms with Crippen LogP contribution >= 0.6 is 0 Å². The molecule has 0 aliphatic rings. The third kappa shape index (κ3) is 2.66. The van der Waals surface area contributed by atoms with Crippen molar-refractivity contribution in [3.63, 3.8) is 0 Å². The van der Waals surface area contributed by atoms with Crippen LogP contribution in [0.25, 0.3) is 11.5 Å². The molecule has 0 spiro atoms. The minimum atomic E-state index is 0.280. The molecule has 0 aliphatic heterocycles. The molecule has 92 valence electrons. The second kappa shape index (κ2) is 5.32. The lowest BCUT2D eigenvalue weighted by Gasteiger charge is -2.04. The molecule has 5 nitrogen and oxygen atoms in total. The predicted octanol–water partition coefficient (Wildman–Crippen LogP) is 2.68. The van der Waals surface area contributed by atoms with Gasteiger partial charge in [-0.15, -0.1) is 0 Å². The molecule has 0 aromatic carbocycles. The van der Waals surface area contributed by atoms with Gasteiger partial charge in [0.2, 0.25) is 17.5 Å². The van der Waals surface area contributed by atoms with Crippen LogP contribution in [-0.2, 0) is 0 Å². The van der Waals surface area contributed by atoms with Crippen LogP contribution in [0.4, 0.5) is 5.88 Å². The summed E-state index contributed by atoms with van der Waals surface area (Å²) in [7, 11) is 0. The van der Waals surface area contributed by atoms with Crippen LogP contribution in [0.5, 0.6) is 0 Å². The van der Waals surface area contributed by atoms with E-state index in [1.165, 1.54) is 0 Å². The first kappa shape index (κ1) is 12.1. The molecule has 5 heteroatoms. The molecule has 0 bridgehead atoms. The molecular weight excluding hydrogens is 228 g/mol. The highest BCUT2D eigenvalue weighted by molar-refractivity contribution is 5.58. The summed E-state index contributed by atoms with van der Waals surface area (Å²) in [6.45, 7) is 4.90. The summed E-state index contributed by atoms with van der Waals surface area (Å²) in [6, 6.07) is 5.61. The molecule has 18 heavy (non-hydrogen) atoms. The quantitative estimate of drug-likeness (QED) is 0.892. The summed E-state index contributed by atoms with van der Waals surface area (Å²) in [5, 5.41) is 12.1. The number of anilines is 1. The average molecular weight is 242 g/mol. The van der Waals surface area contributed by atoms with Crippen LogP contribution in [0.1, 0.15) is 19.5 Å². The lowest BCUT2D eigenvalue weighted by Crippen LogP contribution is -2.08. The van der Waals surface area contributed by atoms with Gasteiger partial charge in [-0.05, 0) is 18.1 Å². The highest BCUT2D eigenvalue weighted by atomic mass is 16.4. The van der Waals surface area contributed by atoms with Crippen LogP contribution in [0.3, 0.4) is 0 Å². The Hall–Kier alpha value is -2.35. The molecule has 2 rings (SSSR count). The van der Waals surface area contributed by atoms with Crippen LogP contribution in [0.2, 0.25) is 0 Å². The van der Waals surface area contributed by atoms with Gasteiger partial charge in [-0.25, -0.2) is 0 Å². The van der Waals surface area contributed by atoms with E-state index in [0.717, 1.165) is 12.1 Å². The highest BCUT2D eigenvalue weighted by Gasteiger charge is 2.14. The first-order valence-electron chi connectivity index (χ1n) is 5.76. The van der Waals surface area contributed by atoms with Gasteiger partial charge in [-0.3, -0.25) is 4.98 Å². The summed E-state index contributed by atoms with van der Waals surface area (Å²) in [4.78, 5) is 8.09. The smallest absolute Gasteiger partial charge is 0.232 e. The molecular formula is C13H14N4O. The number of nitrogens with one attached hydrogen (secondary N) is 1. The molecule has 1 N–H and O–H groups in total. The Labute approximate surface area is 105 Å². The maximum absolute atomic E-state index is 9.02. The van der Waals surface area contributed by atoms with E-state index in [-0.39, 0.29) is 5.69 Å². The first-order chi connectivity index (χ1) is 8.70. The molecule has 0 saturated heterocycles. The molecule has 0 saturated carbocycles. The van der Waals surface area contributed by atoms with Crippen molar-refractivity contribution in [2.75, 3.05) is 11.9 Å². The van der Waals surface area contributed by atoms with Crippen molar-refractivity contribution < 1.29 is 4.42 Å². The number of hydrogen-bond donors (Lipinski definition) is 1. The molecule has 0 radical (unpaired) electrons. The zero-order chi connectivity index (χ0) is 13.0. The summed E-state index contributed by atoms with van der Waals surface area (Å²) in [5.41, 5.74) is 1.08. The minimum Gasteiger partial charge on any atom is -0.419 e. The van der Waals surface area contributed by atoms with E-state index in [4.69, 9.17) is 9.68 Å². The molecule has 2 aromatic heterocycles. The van der Waals surface area contributed by atoms with E-state index in [2.05, 4.69) is 29.1 Å². The Morgan fingerprint density at radius 2 is 2.11 bits per heavy atom. The zero-order valence-corrected chi connectivity index (χ0v) is 10.3. The van der Waals surface area contributed by atoms with Crippen molar-refractivity contribution in [2.45, 2.75) is 13.8 Å². The zero-order valence-electron chi connectivity index (χ0n) is 10.3. The molecule has 0 aliphatic carbocycles. The van der Waals surface area contributed by atoms with Crippen molar-refractivity contribution in [3.05, 3.63) is 30.2 Å². The van der Waals surface area contributed by atoms with E-state index in [0.29, 0.717) is 17.7 Å². The fraction of sp³-hybridized carbons (Fsp3) is 0.308. The topological polar surface area (TPSA) is 74.7 Å². The van der Waals surface area contributed by atoms with Crippen molar-refractivity contribution in [3.8, 4) is 17.5 Å². The first-order valence-corrected chi connectivity index (χ1v) is 5.76. The van der Waals surface area contributed by atoms with Crippen LogP contribution in [0.15, 0.2) is 28.9 Å². The Morgan fingerprint density at radius 3 is 2.72 bits per heavy atom. The van der Waals surface area contributed by atoms with Gasteiger partial charge in [0.1, 0.15) is 6.07 Å². The van der Waals surface area contributed by atoms with Gasteiger partial charge in [0.05, 0.1) is 0 Å². The number of oxazole rings is 1. The lowest BCUT2D eigenvalue weighted by molar-refractivity contribution is 0.574. The van der Waals surface area contributed by atoms with Crippen molar-refractivity contribution >= 4 is 5.88 Å². The van der Waals surface area contributed by atoms with Crippen LogP contribution in [-0.4, -0.2) is 16.5 Å². The number of hydrogen-bond acceptors (Lipinski definition) is 5. The maximum Gasteiger partial charge on any atom is 0.232 e. The standard InChI is InChI=1S/C13H14N4O/c1-9(2)8-16-13-11(7-14)17-12(18-13)10-3-5-15-6-4-10/h3-6,9,16H,8H2,1-2H3. The number of nitriles is 1. The van der Waals surface area contributed by atoms with Crippen LogP contribution in [0, 0.1) is 17.2 Å². The van der Waals surface area contributed by atoms with Gasteiger partial charge in [0.25, 0.3) is 0 Å². The number of aromatic nitrogens is 2. The highest BCUT2D eigenvalue weighted by Crippen LogP contribution is 2.24. The molecule has 2 aromatic rings. The van der Waals surface area contributed by atoms with E-state index >= 15 is 0 Å². The Balaban J connectivity index is 2.27. The molecule has 0 unspecified atom stereocenters. The van der Waals surface area contributed by atoms with Gasteiger partial charge in [-0.1, -0.05) is 13.8 Å². The molecule has 2 heterocycles. The third-order valence-corrected chi connectivity index (χ3v) is 2.33. The SMILES string of the molecule is CC(C)CNc1oc(-c2ccncc2)nc1C#N. The van der Waals surface area contributed by atoms with Gasteiger partial charge >= 0.3 is 0 Å². The van der Waals surface area contributed by atoms with Crippen molar-refractivity contribution in [1.82, 2.24) is 9.97 Å². The van der Waals surface area contributed by atoms with Crippen LogP contribution < -0.4 is 5.32 Å². The van der Waals surface area contributed by atoms with Crippen molar-refractivity contribution in [1.29, 1.82) is 5.26 Å². The Morgan fingerprint density at radius 1 is 1.39 bits per heavy atom. The summed E-state index contributed by atoms with van der Waals surface area (Å²) in [6.07, 6.45) is 3.32. The van der Waals surface area contributed by atoms with Gasteiger partial charge in [0.15, 0.2) is 0 Å². The summed E-state index contributed by atoms with van der Waals surface area (Å²) in [5.74, 6) is 1.32. The third-order valence-electron chi connectivity index (χ3n) is 2.33. The fourth-order valence-corrected chi connectivity index (χ4v) is 1.43. The van der Waals surface area contributed by atoms with Gasteiger partial charge < -0.3 is 9.73 Å². The van der Waals surface area contributed by atoms with E-state index in [9.17, 15) is 0 Å². The number of pyridine rings is 1. The fourth-order valence-electron chi connectivity index (χ4n) is 1.43. The van der Waals surface area contributed by atoms with E-state index in [1.807, 2.05) is 6.07 Å². The van der Waals surface area contributed by atoms with E-state index in [1.54, 1.807) is 24.5 Å². The Bertz CT molecular complexity index is 554. The minimum absolute atomic E-state index is 0.280. The van der Waals surface area contributed by atoms with Gasteiger partial charge in [0, 0.05) is 24.5 Å². The van der Waals surface area contributed by atoms with Gasteiger partial charge in [-0.2, -0.15) is 10.2 Å². The molecule has 0 atom stereocenters. The van der Waals surface area contributed by atoms with Crippen molar-refractivity contribution in [2.24, 2.45) is 5.92 Å². The maximum atomic E-state index is 9.02. The largest absolute Gasteiger partial charge is 0.419 e. The monoisotopic (exact) mass is 242 g/mol. The summed E-state index contributed by atoms with van der Waals surface area (Å²) < 4.78 is 5.57. The second-order valence-electron chi connectivity index (χ2n) is 4.32. The number of nitrogens with zero attached hydrogens (tertiary/aromatic N) is 3. The number of rotatable bonds is 4.